The molecule has 1 fully saturated rings. The zero-order chi connectivity index (χ0) is 20.2. The van der Waals surface area contributed by atoms with Crippen LogP contribution in [0.1, 0.15) is 29.9 Å². The topological polar surface area (TPSA) is 68.3 Å². The maximum Gasteiger partial charge on any atom is 0.234 e. The molecule has 2 amide bonds. The van der Waals surface area contributed by atoms with Crippen molar-refractivity contribution in [3.63, 3.8) is 0 Å². The van der Waals surface area contributed by atoms with Gasteiger partial charge in [-0.15, -0.1) is 0 Å². The van der Waals surface area contributed by atoms with E-state index < -0.39 is 5.92 Å². The third-order valence-electron chi connectivity index (χ3n) is 4.94. The summed E-state index contributed by atoms with van der Waals surface area (Å²) in [5.74, 6) is -0.197. The highest BCUT2D eigenvalue weighted by atomic mass is 35.5. The van der Waals surface area contributed by atoms with Crippen molar-refractivity contribution in [2.24, 2.45) is 0 Å². The first kappa shape index (κ1) is 19.2. The predicted octanol–water partition coefficient (Wildman–Crippen LogP) is 4.50. The fourth-order valence-corrected chi connectivity index (χ4v) is 3.78. The lowest BCUT2D eigenvalue weighted by atomic mass is 9.88. The minimum Gasteiger partial charge on any atom is -0.489 e. The van der Waals surface area contributed by atoms with Crippen LogP contribution in [0.15, 0.2) is 67.0 Å². The first-order valence-electron chi connectivity index (χ1n) is 9.36. The summed E-state index contributed by atoms with van der Waals surface area (Å²) in [6.07, 6.45) is 4.29. The predicted molar refractivity (Wildman–Crippen MR) is 111 cm³/mol. The Labute approximate surface area is 173 Å². The van der Waals surface area contributed by atoms with Crippen LogP contribution >= 0.6 is 11.6 Å². The summed E-state index contributed by atoms with van der Waals surface area (Å²) in [4.78, 5) is 27.7. The Morgan fingerprint density at radius 1 is 1.07 bits per heavy atom. The number of piperidine rings is 1. The van der Waals surface area contributed by atoms with Crippen LogP contribution in [0.2, 0.25) is 5.02 Å². The Balaban J connectivity index is 1.52. The number of aromatic nitrogens is 1. The normalized spacial score (nSPS) is 16.4. The van der Waals surface area contributed by atoms with Gasteiger partial charge in [-0.05, 0) is 35.7 Å². The Kier molecular flexibility index (Phi) is 5.58. The molecule has 3 aromatic rings. The largest absolute Gasteiger partial charge is 0.489 e. The number of hydrogen-bond donors (Lipinski definition) is 1. The highest BCUT2D eigenvalue weighted by molar-refractivity contribution is 6.34. The minimum atomic E-state index is -0.415. The smallest absolute Gasteiger partial charge is 0.234 e. The Bertz CT molecular complexity index is 1040. The molecule has 2 aromatic carbocycles. The molecule has 1 aliphatic rings. The molecule has 1 saturated heterocycles. The van der Waals surface area contributed by atoms with Crippen molar-refractivity contribution in [3.05, 3.63) is 83.1 Å². The summed E-state index contributed by atoms with van der Waals surface area (Å²) in [7, 11) is 0. The van der Waals surface area contributed by atoms with Crippen LogP contribution < -0.4 is 10.1 Å². The number of carbonyl (C=O) groups excluding carboxylic acids is 2. The molecule has 1 atom stereocenters. The number of amides is 2. The van der Waals surface area contributed by atoms with Gasteiger partial charge in [0, 0.05) is 29.9 Å². The van der Waals surface area contributed by atoms with Gasteiger partial charge < -0.3 is 4.74 Å². The van der Waals surface area contributed by atoms with E-state index in [9.17, 15) is 9.59 Å². The third kappa shape index (κ3) is 4.30. The fraction of sp³-hybridized carbons (Fsp3) is 0.174. The van der Waals surface area contributed by atoms with Gasteiger partial charge in [0.05, 0.1) is 10.9 Å². The van der Waals surface area contributed by atoms with Crippen molar-refractivity contribution in [2.75, 3.05) is 0 Å². The van der Waals surface area contributed by atoms with Gasteiger partial charge in [0.2, 0.25) is 11.8 Å². The van der Waals surface area contributed by atoms with Crippen molar-refractivity contribution >= 4 is 23.4 Å². The number of halogens is 1. The van der Waals surface area contributed by atoms with E-state index in [1.807, 2.05) is 54.6 Å². The Hall–Kier alpha value is -3.18. The maximum atomic E-state index is 12.2. The lowest BCUT2D eigenvalue weighted by Gasteiger charge is -2.23. The SMILES string of the molecule is O=C1CCC(c2cccc(-c3ccc(OCc4cccnc4)cc3)c2Cl)C(=O)N1. The molecule has 0 aliphatic carbocycles. The number of rotatable bonds is 5. The number of hydrogen-bond acceptors (Lipinski definition) is 4. The molecule has 0 saturated carbocycles. The Morgan fingerprint density at radius 2 is 1.90 bits per heavy atom. The van der Waals surface area contributed by atoms with Gasteiger partial charge in [0.15, 0.2) is 0 Å². The molecule has 0 radical (unpaired) electrons. The van der Waals surface area contributed by atoms with Crippen LogP contribution in [0.4, 0.5) is 0 Å². The summed E-state index contributed by atoms with van der Waals surface area (Å²) in [6.45, 7) is 0.443. The number of nitrogens with zero attached hydrogens (tertiary/aromatic N) is 1. The first-order chi connectivity index (χ1) is 14.1. The Morgan fingerprint density at radius 3 is 2.62 bits per heavy atom. The molecule has 2 heterocycles. The summed E-state index contributed by atoms with van der Waals surface area (Å²) in [5, 5.41) is 2.93. The van der Waals surface area contributed by atoms with E-state index in [2.05, 4.69) is 10.3 Å². The molecule has 5 nitrogen and oxygen atoms in total. The van der Waals surface area contributed by atoms with E-state index in [4.69, 9.17) is 16.3 Å². The molecule has 1 aliphatic heterocycles. The first-order valence-corrected chi connectivity index (χ1v) is 9.74. The molecule has 4 rings (SSSR count). The zero-order valence-electron chi connectivity index (χ0n) is 15.6. The molecule has 0 spiro atoms. The highest BCUT2D eigenvalue weighted by Gasteiger charge is 2.30. The van der Waals surface area contributed by atoms with Crippen LogP contribution in [0.25, 0.3) is 11.1 Å². The van der Waals surface area contributed by atoms with Crippen molar-refractivity contribution < 1.29 is 14.3 Å². The number of nitrogens with one attached hydrogen (secondary N) is 1. The average Bonchev–Trinajstić information content (AvgIpc) is 2.74. The molecule has 1 aromatic heterocycles. The third-order valence-corrected chi connectivity index (χ3v) is 5.36. The molecule has 29 heavy (non-hydrogen) atoms. The minimum absolute atomic E-state index is 0.236. The monoisotopic (exact) mass is 406 g/mol. The van der Waals surface area contributed by atoms with E-state index in [0.29, 0.717) is 24.5 Å². The van der Waals surface area contributed by atoms with Crippen LogP contribution in [0.5, 0.6) is 5.75 Å². The van der Waals surface area contributed by atoms with Gasteiger partial charge in [-0.1, -0.05) is 48.0 Å². The summed E-state index contributed by atoms with van der Waals surface area (Å²) >= 11 is 6.66. The van der Waals surface area contributed by atoms with Crippen molar-refractivity contribution in [2.45, 2.75) is 25.4 Å². The molecular weight excluding hydrogens is 388 g/mol. The lowest BCUT2D eigenvalue weighted by Crippen LogP contribution is -2.39. The van der Waals surface area contributed by atoms with E-state index >= 15 is 0 Å². The molecule has 1 N–H and O–H groups in total. The van der Waals surface area contributed by atoms with E-state index in [-0.39, 0.29) is 11.8 Å². The van der Waals surface area contributed by atoms with Gasteiger partial charge in [0.25, 0.3) is 0 Å². The fourth-order valence-electron chi connectivity index (χ4n) is 3.41. The molecular formula is C23H19ClN2O3. The summed E-state index contributed by atoms with van der Waals surface area (Å²) in [6, 6.07) is 17.1. The standard InChI is InChI=1S/C23H19ClN2O3/c24-22-18(4-1-5-19(22)20-10-11-21(27)26-23(20)28)16-6-8-17(9-7-16)29-14-15-3-2-12-25-13-15/h1-9,12-13,20H,10-11,14H2,(H,26,27,28). The van der Waals surface area contributed by atoms with Gasteiger partial charge >= 0.3 is 0 Å². The zero-order valence-corrected chi connectivity index (χ0v) is 16.4. The second-order valence-corrected chi connectivity index (χ2v) is 7.26. The van der Waals surface area contributed by atoms with Crippen LogP contribution in [-0.4, -0.2) is 16.8 Å². The molecule has 0 bridgehead atoms. The van der Waals surface area contributed by atoms with Crippen molar-refractivity contribution in [1.82, 2.24) is 10.3 Å². The second-order valence-electron chi connectivity index (χ2n) is 6.89. The van der Waals surface area contributed by atoms with Gasteiger partial charge in [-0.2, -0.15) is 0 Å². The van der Waals surface area contributed by atoms with Crippen LogP contribution in [0.3, 0.4) is 0 Å². The number of imide groups is 1. The lowest BCUT2D eigenvalue weighted by molar-refractivity contribution is -0.134. The average molecular weight is 407 g/mol. The van der Waals surface area contributed by atoms with E-state index in [0.717, 1.165) is 28.0 Å². The molecule has 146 valence electrons. The molecule has 6 heteroatoms. The van der Waals surface area contributed by atoms with E-state index in [1.165, 1.54) is 0 Å². The summed E-state index contributed by atoms with van der Waals surface area (Å²) < 4.78 is 5.80. The quantitative estimate of drug-likeness (QED) is 0.633. The highest BCUT2D eigenvalue weighted by Crippen LogP contribution is 2.37. The van der Waals surface area contributed by atoms with Crippen LogP contribution in [0, 0.1) is 0 Å². The van der Waals surface area contributed by atoms with Crippen molar-refractivity contribution in [3.8, 4) is 16.9 Å². The van der Waals surface area contributed by atoms with Gasteiger partial charge in [-0.3, -0.25) is 19.9 Å². The maximum absolute atomic E-state index is 12.2. The summed E-state index contributed by atoms with van der Waals surface area (Å²) in [5.41, 5.74) is 3.51. The number of benzene rings is 2. The van der Waals surface area contributed by atoms with Gasteiger partial charge in [-0.25, -0.2) is 0 Å². The second kappa shape index (κ2) is 8.45. The van der Waals surface area contributed by atoms with Gasteiger partial charge in [0.1, 0.15) is 12.4 Å². The number of ether oxygens (including phenoxy) is 1. The number of carbonyl (C=O) groups is 2. The molecule has 1 unspecified atom stereocenters. The van der Waals surface area contributed by atoms with Crippen molar-refractivity contribution in [1.29, 1.82) is 0 Å². The van der Waals surface area contributed by atoms with E-state index in [1.54, 1.807) is 12.4 Å². The van der Waals surface area contributed by atoms with Crippen LogP contribution in [-0.2, 0) is 16.2 Å². The number of pyridine rings is 1.